The van der Waals surface area contributed by atoms with Crippen molar-refractivity contribution in [2.24, 2.45) is 0 Å². The van der Waals surface area contributed by atoms with E-state index in [4.69, 9.17) is 16.4 Å². The Balaban J connectivity index is 4.43. The van der Waals surface area contributed by atoms with Gasteiger partial charge >= 0.3 is 0 Å². The van der Waals surface area contributed by atoms with Crippen LogP contribution in [0.5, 0.6) is 0 Å². The van der Waals surface area contributed by atoms with Gasteiger partial charge in [-0.25, -0.2) is 0 Å². The number of ether oxygens (including phenoxy) is 1. The highest BCUT2D eigenvalue weighted by molar-refractivity contribution is 5.08. The number of methoxy groups -OCH3 is 1. The van der Waals surface area contributed by atoms with E-state index in [1.807, 2.05) is 20.8 Å². The maximum absolute atomic E-state index is 9.03. The fraction of sp³-hybridized carbons (Fsp3) is 0.727. The normalized spacial score (nSPS) is 15.3. The SMILES string of the molecule is C#CCNC(C)(C#N)CC(C)(C)OC. The Morgan fingerprint density at radius 1 is 1.43 bits per heavy atom. The summed E-state index contributed by atoms with van der Waals surface area (Å²) in [6.45, 7) is 6.11. The second-order valence-electron chi connectivity index (χ2n) is 4.14. The minimum absolute atomic E-state index is 0.327. The largest absolute Gasteiger partial charge is 0.379 e. The number of nitrogens with zero attached hydrogens (tertiary/aromatic N) is 1. The third-order valence-corrected chi connectivity index (χ3v) is 2.16. The summed E-state index contributed by atoms with van der Waals surface area (Å²) in [6.07, 6.45) is 5.73. The third-order valence-electron chi connectivity index (χ3n) is 2.16. The molecule has 0 radical (unpaired) electrons. The highest BCUT2D eigenvalue weighted by Crippen LogP contribution is 2.22. The molecule has 0 aliphatic rings. The predicted octanol–water partition coefficient (Wildman–Crippen LogP) is 1.31. The van der Waals surface area contributed by atoms with E-state index in [1.165, 1.54) is 0 Å². The number of nitriles is 1. The van der Waals surface area contributed by atoms with Crippen LogP contribution < -0.4 is 5.32 Å². The summed E-state index contributed by atoms with van der Waals surface area (Å²) in [5.74, 6) is 2.46. The van der Waals surface area contributed by atoms with Gasteiger partial charge in [-0.15, -0.1) is 6.42 Å². The summed E-state index contributed by atoms with van der Waals surface area (Å²) in [5, 5.41) is 12.0. The van der Waals surface area contributed by atoms with E-state index in [0.29, 0.717) is 13.0 Å². The first-order valence-electron chi connectivity index (χ1n) is 4.54. The van der Waals surface area contributed by atoms with Gasteiger partial charge in [-0.2, -0.15) is 5.26 Å². The molecule has 3 nitrogen and oxygen atoms in total. The Hall–Kier alpha value is -1.03. The van der Waals surface area contributed by atoms with Gasteiger partial charge in [0.2, 0.25) is 0 Å². The summed E-state index contributed by atoms with van der Waals surface area (Å²) < 4.78 is 5.27. The summed E-state index contributed by atoms with van der Waals surface area (Å²) in [4.78, 5) is 0. The van der Waals surface area contributed by atoms with Crippen LogP contribution >= 0.6 is 0 Å². The fourth-order valence-electron chi connectivity index (χ4n) is 1.31. The first-order chi connectivity index (χ1) is 6.39. The molecular weight excluding hydrogens is 176 g/mol. The molecule has 1 unspecified atom stereocenters. The molecule has 1 N–H and O–H groups in total. The lowest BCUT2D eigenvalue weighted by Crippen LogP contribution is -2.47. The molecule has 0 aromatic heterocycles. The van der Waals surface area contributed by atoms with Crippen LogP contribution in [0.25, 0.3) is 0 Å². The molecule has 0 saturated carbocycles. The Kier molecular flexibility index (Phi) is 4.63. The zero-order valence-corrected chi connectivity index (χ0v) is 9.35. The standard InChI is InChI=1S/C11H18N2O/c1-6-7-13-11(4,9-12)8-10(2,3)14-5/h1,13H,7-8H2,2-5H3. The van der Waals surface area contributed by atoms with Gasteiger partial charge in [0.1, 0.15) is 5.54 Å². The molecule has 14 heavy (non-hydrogen) atoms. The molecule has 0 saturated heterocycles. The number of hydrogen-bond acceptors (Lipinski definition) is 3. The molecule has 0 aliphatic carbocycles. The molecule has 0 aromatic carbocycles. The van der Waals surface area contributed by atoms with Gasteiger partial charge in [-0.1, -0.05) is 5.92 Å². The van der Waals surface area contributed by atoms with Crippen LogP contribution in [0.15, 0.2) is 0 Å². The lowest BCUT2D eigenvalue weighted by molar-refractivity contribution is 0.00162. The van der Waals surface area contributed by atoms with Gasteiger partial charge < -0.3 is 4.74 Å². The van der Waals surface area contributed by atoms with Crippen LogP contribution in [0, 0.1) is 23.7 Å². The first-order valence-corrected chi connectivity index (χ1v) is 4.54. The lowest BCUT2D eigenvalue weighted by atomic mass is 9.89. The van der Waals surface area contributed by atoms with E-state index in [9.17, 15) is 0 Å². The van der Waals surface area contributed by atoms with E-state index in [2.05, 4.69) is 17.3 Å². The average molecular weight is 194 g/mol. The van der Waals surface area contributed by atoms with E-state index in [0.717, 1.165) is 0 Å². The van der Waals surface area contributed by atoms with E-state index in [-0.39, 0.29) is 5.60 Å². The van der Waals surface area contributed by atoms with Gasteiger partial charge in [-0.05, 0) is 20.8 Å². The average Bonchev–Trinajstić information content (AvgIpc) is 2.14. The topological polar surface area (TPSA) is 45.0 Å². The predicted molar refractivity (Wildman–Crippen MR) is 56.6 cm³/mol. The molecule has 0 rings (SSSR count). The molecule has 0 heterocycles. The van der Waals surface area contributed by atoms with Crippen LogP contribution in [0.3, 0.4) is 0 Å². The van der Waals surface area contributed by atoms with Crippen LogP contribution in [-0.4, -0.2) is 24.8 Å². The van der Waals surface area contributed by atoms with E-state index in [1.54, 1.807) is 7.11 Å². The summed E-state index contributed by atoms with van der Waals surface area (Å²) >= 11 is 0. The maximum atomic E-state index is 9.03. The van der Waals surface area contributed by atoms with Gasteiger partial charge in [0.25, 0.3) is 0 Å². The molecule has 1 atom stereocenters. The number of nitrogens with one attached hydrogen (secondary N) is 1. The minimum Gasteiger partial charge on any atom is -0.379 e. The van der Waals surface area contributed by atoms with Crippen molar-refractivity contribution in [3.8, 4) is 18.4 Å². The smallest absolute Gasteiger partial charge is 0.107 e. The van der Waals surface area contributed by atoms with Crippen molar-refractivity contribution in [3.63, 3.8) is 0 Å². The molecule has 0 spiro atoms. The van der Waals surface area contributed by atoms with Crippen molar-refractivity contribution >= 4 is 0 Å². The van der Waals surface area contributed by atoms with Crippen LogP contribution in [0.1, 0.15) is 27.2 Å². The van der Waals surface area contributed by atoms with Crippen LogP contribution in [0.2, 0.25) is 0 Å². The Morgan fingerprint density at radius 2 is 2.00 bits per heavy atom. The first kappa shape index (κ1) is 13.0. The Bertz CT molecular complexity index is 259. The Labute approximate surface area is 86.4 Å². The molecule has 0 bridgehead atoms. The quantitative estimate of drug-likeness (QED) is 0.671. The van der Waals surface area contributed by atoms with Crippen LogP contribution in [0.4, 0.5) is 0 Å². The van der Waals surface area contributed by atoms with Crippen molar-refractivity contribution < 1.29 is 4.74 Å². The molecule has 0 aliphatic heterocycles. The molecule has 78 valence electrons. The number of hydrogen-bond donors (Lipinski definition) is 1. The second-order valence-corrected chi connectivity index (χ2v) is 4.14. The van der Waals surface area contributed by atoms with Gasteiger partial charge in [0.05, 0.1) is 18.2 Å². The molecular formula is C11H18N2O. The minimum atomic E-state index is -0.633. The Morgan fingerprint density at radius 3 is 2.36 bits per heavy atom. The zero-order valence-electron chi connectivity index (χ0n) is 9.35. The maximum Gasteiger partial charge on any atom is 0.107 e. The molecule has 0 amide bonds. The highest BCUT2D eigenvalue weighted by atomic mass is 16.5. The zero-order chi connectivity index (χ0) is 11.2. The lowest BCUT2D eigenvalue weighted by Gasteiger charge is -2.32. The summed E-state index contributed by atoms with van der Waals surface area (Å²) in [5.41, 5.74) is -0.960. The van der Waals surface area contributed by atoms with Gasteiger partial charge in [-0.3, -0.25) is 5.32 Å². The molecule has 0 fully saturated rings. The third kappa shape index (κ3) is 4.28. The molecule has 3 heteroatoms. The van der Waals surface area contributed by atoms with Crippen molar-refractivity contribution in [2.45, 2.75) is 38.3 Å². The van der Waals surface area contributed by atoms with E-state index < -0.39 is 5.54 Å². The summed E-state index contributed by atoms with van der Waals surface area (Å²) in [6, 6.07) is 2.22. The number of rotatable bonds is 5. The van der Waals surface area contributed by atoms with Crippen molar-refractivity contribution in [2.75, 3.05) is 13.7 Å². The second kappa shape index (κ2) is 5.00. The van der Waals surface area contributed by atoms with Gasteiger partial charge in [0.15, 0.2) is 0 Å². The fourth-order valence-corrected chi connectivity index (χ4v) is 1.31. The number of terminal acetylenes is 1. The highest BCUT2D eigenvalue weighted by Gasteiger charge is 2.31. The molecule has 0 aromatic rings. The van der Waals surface area contributed by atoms with Crippen molar-refractivity contribution in [1.29, 1.82) is 5.26 Å². The van der Waals surface area contributed by atoms with Crippen LogP contribution in [-0.2, 0) is 4.74 Å². The van der Waals surface area contributed by atoms with Gasteiger partial charge in [0, 0.05) is 13.5 Å². The van der Waals surface area contributed by atoms with E-state index >= 15 is 0 Å². The van der Waals surface area contributed by atoms with Crippen molar-refractivity contribution in [3.05, 3.63) is 0 Å². The summed E-state index contributed by atoms with van der Waals surface area (Å²) in [7, 11) is 1.64. The monoisotopic (exact) mass is 194 g/mol. The van der Waals surface area contributed by atoms with Crippen molar-refractivity contribution in [1.82, 2.24) is 5.32 Å².